The van der Waals surface area contributed by atoms with Gasteiger partial charge in [-0.05, 0) is 39.2 Å². The quantitative estimate of drug-likeness (QED) is 0.920. The maximum absolute atomic E-state index is 4.44. The van der Waals surface area contributed by atoms with Crippen LogP contribution in [0.2, 0.25) is 0 Å². The van der Waals surface area contributed by atoms with Gasteiger partial charge in [0.1, 0.15) is 0 Å². The molecule has 5 nitrogen and oxygen atoms in total. The van der Waals surface area contributed by atoms with Crippen molar-refractivity contribution in [2.75, 3.05) is 7.05 Å². The Morgan fingerprint density at radius 1 is 1.24 bits per heavy atom. The first-order chi connectivity index (χ1) is 10.3. The summed E-state index contributed by atoms with van der Waals surface area (Å²) in [5.41, 5.74) is 2.38. The third-order valence-electron chi connectivity index (χ3n) is 4.55. The number of nitrogens with zero attached hydrogens (tertiary/aromatic N) is 4. The number of hydrogen-bond acceptors (Lipinski definition) is 3. The van der Waals surface area contributed by atoms with Crippen LogP contribution in [0.15, 0.2) is 24.9 Å². The van der Waals surface area contributed by atoms with E-state index in [4.69, 9.17) is 0 Å². The SMILES string of the molecule is CCCn1cc(-c2cncn2C2CCC(NC)CC2)cn1. The molecule has 2 aromatic heterocycles. The highest BCUT2D eigenvalue weighted by Crippen LogP contribution is 2.32. The molecule has 1 saturated carbocycles. The molecule has 1 aliphatic carbocycles. The van der Waals surface area contributed by atoms with Gasteiger partial charge in [-0.15, -0.1) is 0 Å². The van der Waals surface area contributed by atoms with Crippen molar-refractivity contribution in [3.8, 4) is 11.3 Å². The van der Waals surface area contributed by atoms with Gasteiger partial charge >= 0.3 is 0 Å². The summed E-state index contributed by atoms with van der Waals surface area (Å²) in [5, 5.41) is 7.83. The molecule has 114 valence electrons. The second-order valence-corrected chi connectivity index (χ2v) is 5.97. The largest absolute Gasteiger partial charge is 0.327 e. The molecule has 21 heavy (non-hydrogen) atoms. The fourth-order valence-electron chi connectivity index (χ4n) is 3.31. The number of imidazole rings is 1. The topological polar surface area (TPSA) is 47.7 Å². The van der Waals surface area contributed by atoms with Crippen LogP contribution in [0.3, 0.4) is 0 Å². The zero-order valence-electron chi connectivity index (χ0n) is 13.0. The summed E-state index contributed by atoms with van der Waals surface area (Å²) in [7, 11) is 2.07. The molecule has 0 aliphatic heterocycles. The van der Waals surface area contributed by atoms with Crippen LogP contribution >= 0.6 is 0 Å². The molecule has 0 atom stereocenters. The van der Waals surface area contributed by atoms with Crippen molar-refractivity contribution in [2.24, 2.45) is 0 Å². The van der Waals surface area contributed by atoms with Gasteiger partial charge in [0.15, 0.2) is 0 Å². The van der Waals surface area contributed by atoms with Gasteiger partial charge in [0.2, 0.25) is 0 Å². The molecule has 2 aromatic rings. The number of nitrogens with one attached hydrogen (secondary N) is 1. The lowest BCUT2D eigenvalue weighted by Crippen LogP contribution is -2.31. The molecule has 5 heteroatoms. The first-order valence-electron chi connectivity index (χ1n) is 8.03. The van der Waals surface area contributed by atoms with E-state index in [1.807, 2.05) is 23.4 Å². The van der Waals surface area contributed by atoms with Gasteiger partial charge in [-0.25, -0.2) is 4.98 Å². The molecule has 1 fully saturated rings. The molecule has 0 saturated heterocycles. The second-order valence-electron chi connectivity index (χ2n) is 5.97. The minimum atomic E-state index is 0.571. The molecule has 0 spiro atoms. The number of aryl methyl sites for hydroxylation is 1. The minimum absolute atomic E-state index is 0.571. The Bertz CT molecular complexity index is 563. The monoisotopic (exact) mass is 287 g/mol. The lowest BCUT2D eigenvalue weighted by Gasteiger charge is -2.30. The molecule has 1 N–H and O–H groups in total. The van der Waals surface area contributed by atoms with E-state index in [0.29, 0.717) is 12.1 Å². The standard InChI is InChI=1S/C16H25N5/c1-3-8-20-11-13(9-19-20)16-10-18-12-21(16)15-6-4-14(17-2)5-7-15/h9-12,14-15,17H,3-8H2,1-2H3. The molecule has 0 aromatic carbocycles. The maximum Gasteiger partial charge on any atom is 0.0953 e. The number of hydrogen-bond donors (Lipinski definition) is 1. The number of aromatic nitrogens is 4. The lowest BCUT2D eigenvalue weighted by molar-refractivity contribution is 0.302. The van der Waals surface area contributed by atoms with Gasteiger partial charge in [0.05, 0.1) is 24.4 Å². The molecule has 0 amide bonds. The third kappa shape index (κ3) is 3.02. The van der Waals surface area contributed by atoms with E-state index in [-0.39, 0.29) is 0 Å². The first kappa shape index (κ1) is 14.3. The van der Waals surface area contributed by atoms with Crippen molar-refractivity contribution in [3.05, 3.63) is 24.9 Å². The number of rotatable bonds is 5. The van der Waals surface area contributed by atoms with Crippen LogP contribution in [0.5, 0.6) is 0 Å². The molecular formula is C16H25N5. The van der Waals surface area contributed by atoms with Gasteiger partial charge < -0.3 is 9.88 Å². The Balaban J connectivity index is 1.77. The second kappa shape index (κ2) is 6.43. The lowest BCUT2D eigenvalue weighted by atomic mass is 9.91. The van der Waals surface area contributed by atoms with E-state index in [1.54, 1.807) is 0 Å². The van der Waals surface area contributed by atoms with E-state index >= 15 is 0 Å². The summed E-state index contributed by atoms with van der Waals surface area (Å²) in [4.78, 5) is 4.38. The summed E-state index contributed by atoms with van der Waals surface area (Å²) in [6.45, 7) is 3.15. The molecule has 2 heterocycles. The zero-order chi connectivity index (χ0) is 14.7. The van der Waals surface area contributed by atoms with Crippen LogP contribution in [-0.4, -0.2) is 32.4 Å². The maximum atomic E-state index is 4.44. The molecule has 0 unspecified atom stereocenters. The van der Waals surface area contributed by atoms with Crippen LogP contribution in [0, 0.1) is 0 Å². The van der Waals surface area contributed by atoms with E-state index in [2.05, 4.69) is 40.1 Å². The molecular weight excluding hydrogens is 262 g/mol. The van der Waals surface area contributed by atoms with Crippen molar-refractivity contribution < 1.29 is 0 Å². The Labute approximate surface area is 126 Å². The van der Waals surface area contributed by atoms with E-state index in [1.165, 1.54) is 36.9 Å². The van der Waals surface area contributed by atoms with Crippen molar-refractivity contribution in [2.45, 2.75) is 57.7 Å². The van der Waals surface area contributed by atoms with Crippen LogP contribution in [0.4, 0.5) is 0 Å². The van der Waals surface area contributed by atoms with Gasteiger partial charge in [0, 0.05) is 30.4 Å². The van der Waals surface area contributed by atoms with Gasteiger partial charge in [-0.3, -0.25) is 4.68 Å². The molecule has 0 bridgehead atoms. The molecule has 3 rings (SSSR count). The van der Waals surface area contributed by atoms with Crippen LogP contribution in [-0.2, 0) is 6.54 Å². The average Bonchev–Trinajstić information content (AvgIpc) is 3.16. The Kier molecular flexibility index (Phi) is 4.39. The van der Waals surface area contributed by atoms with Crippen LogP contribution in [0.25, 0.3) is 11.3 Å². The van der Waals surface area contributed by atoms with Crippen molar-refractivity contribution in [3.63, 3.8) is 0 Å². The van der Waals surface area contributed by atoms with Crippen LogP contribution < -0.4 is 5.32 Å². The van der Waals surface area contributed by atoms with E-state index in [9.17, 15) is 0 Å². The summed E-state index contributed by atoms with van der Waals surface area (Å²) in [6.07, 6.45) is 14.1. The van der Waals surface area contributed by atoms with Gasteiger partial charge in [-0.1, -0.05) is 6.92 Å². The van der Waals surface area contributed by atoms with Crippen molar-refractivity contribution in [1.29, 1.82) is 0 Å². The normalized spacial score (nSPS) is 22.6. The minimum Gasteiger partial charge on any atom is -0.327 e. The third-order valence-corrected chi connectivity index (χ3v) is 4.55. The summed E-state index contributed by atoms with van der Waals surface area (Å²) in [5.74, 6) is 0. The predicted octanol–water partition coefficient (Wildman–Crippen LogP) is 2.86. The molecule has 0 radical (unpaired) electrons. The van der Waals surface area contributed by atoms with Crippen molar-refractivity contribution in [1.82, 2.24) is 24.6 Å². The fourth-order valence-corrected chi connectivity index (χ4v) is 3.31. The highest BCUT2D eigenvalue weighted by molar-refractivity contribution is 5.56. The highest BCUT2D eigenvalue weighted by Gasteiger charge is 2.23. The summed E-state index contributed by atoms with van der Waals surface area (Å²) < 4.78 is 4.36. The Hall–Kier alpha value is -1.62. The fraction of sp³-hybridized carbons (Fsp3) is 0.625. The predicted molar refractivity (Wildman–Crippen MR) is 84.1 cm³/mol. The Morgan fingerprint density at radius 2 is 2.05 bits per heavy atom. The van der Waals surface area contributed by atoms with E-state index in [0.717, 1.165) is 13.0 Å². The molecule has 1 aliphatic rings. The smallest absolute Gasteiger partial charge is 0.0953 e. The van der Waals surface area contributed by atoms with Crippen molar-refractivity contribution >= 4 is 0 Å². The average molecular weight is 287 g/mol. The summed E-state index contributed by atoms with van der Waals surface area (Å²) >= 11 is 0. The van der Waals surface area contributed by atoms with Gasteiger partial charge in [-0.2, -0.15) is 5.10 Å². The summed E-state index contributed by atoms with van der Waals surface area (Å²) in [6, 6.07) is 1.25. The highest BCUT2D eigenvalue weighted by atomic mass is 15.3. The van der Waals surface area contributed by atoms with Crippen LogP contribution in [0.1, 0.15) is 45.1 Å². The zero-order valence-corrected chi connectivity index (χ0v) is 13.0. The first-order valence-corrected chi connectivity index (χ1v) is 8.03. The van der Waals surface area contributed by atoms with Gasteiger partial charge in [0.25, 0.3) is 0 Å². The van der Waals surface area contributed by atoms with E-state index < -0.39 is 0 Å². The Morgan fingerprint density at radius 3 is 2.76 bits per heavy atom.